The van der Waals surface area contributed by atoms with Crippen LogP contribution in [-0.4, -0.2) is 39.9 Å². The highest BCUT2D eigenvalue weighted by Crippen LogP contribution is 2.25. The Balaban J connectivity index is 3.53. The summed E-state index contributed by atoms with van der Waals surface area (Å²) in [7, 11) is 0.554. The molecule has 1 rings (SSSR count). The van der Waals surface area contributed by atoms with E-state index in [4.69, 9.17) is 0 Å². The molecule has 5 nitrogen and oxygen atoms in total. The van der Waals surface area contributed by atoms with Gasteiger partial charge in [-0.2, -0.15) is 0 Å². The Labute approximate surface area is 115 Å². The molecule has 7 heteroatoms. The second-order valence-corrected chi connectivity index (χ2v) is 6.38. The number of alkyl halides is 1. The van der Waals surface area contributed by atoms with Gasteiger partial charge in [0.25, 0.3) is 0 Å². The number of methoxy groups -OCH3 is 1. The van der Waals surface area contributed by atoms with Gasteiger partial charge in [-0.1, -0.05) is 22.0 Å². The number of hydrogen-bond donors (Lipinski definition) is 0. The summed E-state index contributed by atoms with van der Waals surface area (Å²) in [4.78, 5) is 11.7. The molecule has 0 atom stereocenters. The number of hydrogen-bond acceptors (Lipinski definition) is 4. The van der Waals surface area contributed by atoms with Gasteiger partial charge >= 0.3 is 5.97 Å². The summed E-state index contributed by atoms with van der Waals surface area (Å²) >= 11 is 3.21. The normalized spacial score (nSPS) is 11.6. The van der Waals surface area contributed by atoms with Crippen molar-refractivity contribution in [1.29, 1.82) is 0 Å². The van der Waals surface area contributed by atoms with Crippen LogP contribution in [0.25, 0.3) is 0 Å². The van der Waals surface area contributed by atoms with E-state index in [-0.39, 0.29) is 15.8 Å². The highest BCUT2D eigenvalue weighted by Gasteiger charge is 2.24. The molecular formula is C11H14BrNO4S. The summed E-state index contributed by atoms with van der Waals surface area (Å²) in [5.74, 6) is -0.555. The largest absolute Gasteiger partial charge is 0.465 e. The summed E-state index contributed by atoms with van der Waals surface area (Å²) < 4.78 is 30.0. The van der Waals surface area contributed by atoms with E-state index in [1.54, 1.807) is 0 Å². The van der Waals surface area contributed by atoms with Crippen LogP contribution in [0.4, 0.5) is 0 Å². The first kappa shape index (κ1) is 15.1. The maximum absolute atomic E-state index is 12.1. The fraction of sp³-hybridized carbons (Fsp3) is 0.364. The summed E-state index contributed by atoms with van der Waals surface area (Å²) in [6.07, 6.45) is 0. The Morgan fingerprint density at radius 1 is 1.39 bits per heavy atom. The number of carbonyl (C=O) groups is 1. The van der Waals surface area contributed by atoms with Gasteiger partial charge in [0.2, 0.25) is 10.0 Å². The monoisotopic (exact) mass is 335 g/mol. The molecule has 0 aliphatic heterocycles. The third-order valence-electron chi connectivity index (χ3n) is 2.43. The van der Waals surface area contributed by atoms with Crippen LogP contribution in [0.2, 0.25) is 0 Å². The third-order valence-corrected chi connectivity index (χ3v) is 4.89. The average Bonchev–Trinajstić information content (AvgIpc) is 2.36. The number of halogens is 1. The lowest BCUT2D eigenvalue weighted by Gasteiger charge is -2.16. The van der Waals surface area contributed by atoms with Crippen LogP contribution < -0.4 is 0 Å². The van der Waals surface area contributed by atoms with Crippen LogP contribution in [0.3, 0.4) is 0 Å². The van der Waals surface area contributed by atoms with Crippen molar-refractivity contribution in [2.45, 2.75) is 10.2 Å². The van der Waals surface area contributed by atoms with Gasteiger partial charge in [0.1, 0.15) is 0 Å². The molecule has 0 aliphatic carbocycles. The molecule has 0 heterocycles. The van der Waals surface area contributed by atoms with Gasteiger partial charge in [-0.25, -0.2) is 17.5 Å². The van der Waals surface area contributed by atoms with Crippen LogP contribution >= 0.6 is 15.9 Å². The molecule has 0 aromatic heterocycles. The van der Waals surface area contributed by atoms with E-state index in [0.29, 0.717) is 5.56 Å². The lowest BCUT2D eigenvalue weighted by atomic mass is 10.1. The Kier molecular flexibility index (Phi) is 4.89. The molecule has 0 amide bonds. The predicted octanol–water partition coefficient (Wildman–Crippen LogP) is 1.62. The van der Waals surface area contributed by atoms with Crippen LogP contribution in [-0.2, 0) is 20.1 Å². The lowest BCUT2D eigenvalue weighted by molar-refractivity contribution is 0.0599. The molecular weight excluding hydrogens is 322 g/mol. The second kappa shape index (κ2) is 5.81. The predicted molar refractivity (Wildman–Crippen MR) is 71.3 cm³/mol. The van der Waals surface area contributed by atoms with E-state index < -0.39 is 16.0 Å². The smallest absolute Gasteiger partial charge is 0.338 e. The zero-order valence-electron chi connectivity index (χ0n) is 10.3. The summed E-state index contributed by atoms with van der Waals surface area (Å²) in [5.41, 5.74) is 0.648. The van der Waals surface area contributed by atoms with E-state index in [9.17, 15) is 13.2 Å². The first-order valence-electron chi connectivity index (χ1n) is 5.05. The minimum Gasteiger partial charge on any atom is -0.465 e. The van der Waals surface area contributed by atoms with Crippen LogP contribution in [0, 0.1) is 0 Å². The minimum absolute atomic E-state index is 0.104. The number of nitrogens with zero attached hydrogens (tertiary/aromatic N) is 1. The summed E-state index contributed by atoms with van der Waals surface area (Å²) in [5, 5.41) is 0.251. The van der Waals surface area contributed by atoms with Gasteiger partial charge in [0.15, 0.2) is 0 Å². The number of benzene rings is 1. The topological polar surface area (TPSA) is 63.7 Å². The van der Waals surface area contributed by atoms with Crippen LogP contribution in [0.5, 0.6) is 0 Å². The molecule has 0 fully saturated rings. The Hall–Kier alpha value is -0.920. The molecule has 1 aromatic rings. The van der Waals surface area contributed by atoms with E-state index >= 15 is 0 Å². The van der Waals surface area contributed by atoms with Gasteiger partial charge in [0, 0.05) is 19.4 Å². The maximum atomic E-state index is 12.1. The Bertz CT molecular complexity index is 554. The van der Waals surface area contributed by atoms with E-state index in [2.05, 4.69) is 20.7 Å². The van der Waals surface area contributed by atoms with Gasteiger partial charge in [-0.05, 0) is 17.7 Å². The summed E-state index contributed by atoms with van der Waals surface area (Å²) in [6.45, 7) is 0. The maximum Gasteiger partial charge on any atom is 0.338 e. The molecule has 0 radical (unpaired) electrons. The zero-order chi connectivity index (χ0) is 13.9. The Morgan fingerprint density at radius 3 is 2.44 bits per heavy atom. The zero-order valence-corrected chi connectivity index (χ0v) is 12.7. The van der Waals surface area contributed by atoms with Crippen LogP contribution in [0.15, 0.2) is 23.1 Å². The lowest BCUT2D eigenvalue weighted by Crippen LogP contribution is -2.24. The van der Waals surface area contributed by atoms with E-state index in [1.807, 2.05) is 0 Å². The molecule has 18 heavy (non-hydrogen) atoms. The molecule has 0 aliphatic rings. The number of rotatable bonds is 4. The van der Waals surface area contributed by atoms with Gasteiger partial charge in [0.05, 0.1) is 17.6 Å². The number of esters is 1. The Morgan fingerprint density at radius 2 is 2.00 bits per heavy atom. The fourth-order valence-corrected chi connectivity index (χ4v) is 3.37. The van der Waals surface area contributed by atoms with Crippen molar-refractivity contribution in [2.75, 3.05) is 21.2 Å². The minimum atomic E-state index is -3.59. The van der Waals surface area contributed by atoms with E-state index in [1.165, 1.54) is 39.4 Å². The highest BCUT2D eigenvalue weighted by molar-refractivity contribution is 9.08. The molecule has 1 aromatic carbocycles. The first-order chi connectivity index (χ1) is 8.36. The van der Waals surface area contributed by atoms with Crippen molar-refractivity contribution in [3.05, 3.63) is 29.3 Å². The van der Waals surface area contributed by atoms with E-state index in [0.717, 1.165) is 4.31 Å². The average molecular weight is 336 g/mol. The SMILES string of the molecule is COC(=O)c1cccc(S(=O)(=O)N(C)C)c1CBr. The van der Waals surface area contributed by atoms with Crippen molar-refractivity contribution in [3.8, 4) is 0 Å². The van der Waals surface area contributed by atoms with Crippen LogP contribution in [0.1, 0.15) is 15.9 Å². The molecule has 0 bridgehead atoms. The molecule has 0 saturated carbocycles. The van der Waals surface area contributed by atoms with Crippen molar-refractivity contribution >= 4 is 31.9 Å². The molecule has 0 saturated heterocycles. The molecule has 0 N–H and O–H groups in total. The van der Waals surface area contributed by atoms with Crippen molar-refractivity contribution in [2.24, 2.45) is 0 Å². The standard InChI is InChI=1S/C11H14BrNO4S/c1-13(2)18(15,16)10-6-4-5-8(9(10)7-12)11(14)17-3/h4-6H,7H2,1-3H3. The number of ether oxygens (including phenoxy) is 1. The van der Waals surface area contributed by atoms with Crippen molar-refractivity contribution < 1.29 is 17.9 Å². The number of carbonyl (C=O) groups excluding carboxylic acids is 1. The quantitative estimate of drug-likeness (QED) is 0.619. The first-order valence-corrected chi connectivity index (χ1v) is 7.61. The van der Waals surface area contributed by atoms with Gasteiger partial charge in [-0.15, -0.1) is 0 Å². The summed E-state index contributed by atoms with van der Waals surface area (Å²) in [6, 6.07) is 4.53. The van der Waals surface area contributed by atoms with Gasteiger partial charge in [-0.3, -0.25) is 0 Å². The molecule has 0 unspecified atom stereocenters. The third kappa shape index (κ3) is 2.73. The fourth-order valence-electron chi connectivity index (χ4n) is 1.44. The molecule has 100 valence electrons. The number of sulfonamides is 1. The van der Waals surface area contributed by atoms with Gasteiger partial charge < -0.3 is 4.74 Å². The second-order valence-electron chi connectivity index (χ2n) is 3.69. The molecule has 0 spiro atoms. The van der Waals surface area contributed by atoms with Crippen molar-refractivity contribution in [1.82, 2.24) is 4.31 Å². The van der Waals surface area contributed by atoms with Crippen molar-refractivity contribution in [3.63, 3.8) is 0 Å². The highest BCUT2D eigenvalue weighted by atomic mass is 79.9.